The van der Waals surface area contributed by atoms with Gasteiger partial charge in [-0.25, -0.2) is 0 Å². The van der Waals surface area contributed by atoms with Crippen molar-refractivity contribution in [2.24, 2.45) is 17.8 Å². The van der Waals surface area contributed by atoms with E-state index >= 15 is 0 Å². The van der Waals surface area contributed by atoms with Gasteiger partial charge in [0.15, 0.2) is 6.29 Å². The first-order valence-corrected chi connectivity index (χ1v) is 8.47. The van der Waals surface area contributed by atoms with Gasteiger partial charge in [0.05, 0.1) is 24.9 Å². The van der Waals surface area contributed by atoms with E-state index < -0.39 is 67.5 Å². The van der Waals surface area contributed by atoms with E-state index in [0.29, 0.717) is 0 Å². The Labute approximate surface area is 149 Å². The van der Waals surface area contributed by atoms with Gasteiger partial charge in [0, 0.05) is 17.4 Å². The van der Waals surface area contributed by atoms with Crippen LogP contribution in [0.2, 0.25) is 0 Å². The summed E-state index contributed by atoms with van der Waals surface area (Å²) in [6.07, 6.45) is -7.93. The van der Waals surface area contributed by atoms with Crippen LogP contribution in [-0.2, 0) is 19.0 Å². The number of hydrogen-bond donors (Lipinski definition) is 5. The predicted molar refractivity (Wildman–Crippen MR) is 79.6 cm³/mol. The van der Waals surface area contributed by atoms with Gasteiger partial charge in [-0.1, -0.05) is 6.92 Å². The number of ether oxygens (including phenoxy) is 3. The summed E-state index contributed by atoms with van der Waals surface area (Å²) in [5.41, 5.74) is -0.0768. The number of carboxylic acids is 1. The second-order valence-electron chi connectivity index (χ2n) is 7.04. The molecular weight excluding hydrogens is 352 g/mol. The van der Waals surface area contributed by atoms with E-state index in [-0.39, 0.29) is 17.9 Å². The van der Waals surface area contributed by atoms with Gasteiger partial charge in [-0.05, 0) is 12.3 Å². The Balaban J connectivity index is 1.79. The third-order valence-corrected chi connectivity index (χ3v) is 5.57. The summed E-state index contributed by atoms with van der Waals surface area (Å²) in [6.45, 7) is 1.12. The molecule has 0 radical (unpaired) electrons. The molecule has 1 aliphatic carbocycles. The predicted octanol–water partition coefficient (Wildman–Crippen LogP) is -3.57. The zero-order chi connectivity index (χ0) is 19.2. The van der Waals surface area contributed by atoms with Crippen molar-refractivity contribution in [1.82, 2.24) is 0 Å². The largest absolute Gasteiger partial charge is 0.545 e. The molecule has 0 aromatic heterocycles. The van der Waals surface area contributed by atoms with Crippen LogP contribution >= 0.6 is 0 Å². The van der Waals surface area contributed by atoms with Crippen LogP contribution in [0.15, 0.2) is 11.8 Å². The molecule has 10 heteroatoms. The molecule has 1 saturated heterocycles. The molecule has 10 nitrogen and oxygen atoms in total. The molecule has 3 aliphatic rings. The number of aliphatic carboxylic acids is 1. The van der Waals surface area contributed by atoms with Crippen LogP contribution in [0, 0.1) is 17.8 Å². The lowest BCUT2D eigenvalue weighted by Crippen LogP contribution is -2.60. The van der Waals surface area contributed by atoms with Crippen molar-refractivity contribution in [3.63, 3.8) is 0 Å². The van der Waals surface area contributed by atoms with Crippen molar-refractivity contribution in [3.8, 4) is 0 Å². The summed E-state index contributed by atoms with van der Waals surface area (Å²) >= 11 is 0. The number of aliphatic hydroxyl groups is 5. The molecule has 1 saturated carbocycles. The molecule has 0 bridgehead atoms. The van der Waals surface area contributed by atoms with Crippen LogP contribution < -0.4 is 5.11 Å². The van der Waals surface area contributed by atoms with E-state index in [2.05, 4.69) is 0 Å². The normalized spacial score (nSPS) is 48.5. The summed E-state index contributed by atoms with van der Waals surface area (Å²) in [7, 11) is 0. The van der Waals surface area contributed by atoms with Crippen LogP contribution in [0.3, 0.4) is 0 Å². The van der Waals surface area contributed by atoms with Crippen LogP contribution in [-0.4, -0.2) is 81.2 Å². The first-order valence-electron chi connectivity index (χ1n) is 8.47. The summed E-state index contributed by atoms with van der Waals surface area (Å²) < 4.78 is 16.3. The SMILES string of the molecule is C[C@@H]1[C@H]2[C@H](O[C@@H]3O[C@H](CO)[C@@H](O)[C@H](O)C3O)OC=C(C(=O)[O-])[C@H]2C[C@@H]1O. The van der Waals surface area contributed by atoms with Gasteiger partial charge in [0.2, 0.25) is 6.29 Å². The molecule has 0 spiro atoms. The third kappa shape index (κ3) is 3.22. The Bertz CT molecular complexity index is 563. The molecule has 1 unspecified atom stereocenters. The van der Waals surface area contributed by atoms with E-state index in [1.54, 1.807) is 6.92 Å². The van der Waals surface area contributed by atoms with Crippen molar-refractivity contribution < 1.29 is 49.6 Å². The Morgan fingerprint density at radius 3 is 2.54 bits per heavy atom. The molecule has 10 atom stereocenters. The second-order valence-corrected chi connectivity index (χ2v) is 7.04. The van der Waals surface area contributed by atoms with Gasteiger partial charge in [-0.3, -0.25) is 0 Å². The van der Waals surface area contributed by atoms with Gasteiger partial charge in [0.1, 0.15) is 24.4 Å². The standard InChI is InChI=1S/C16H24O10/c1-5-8(18)2-6-7(14(22)23)4-24-15(10(5)6)26-16-13(21)12(20)11(19)9(3-17)25-16/h4-6,8-13,15-21H,2-3H2,1H3,(H,22,23)/p-1/t5-,6+,8-,9+,10+,11+,12-,13?,15-,16-/m0/s1. The lowest BCUT2D eigenvalue weighted by Gasteiger charge is -2.43. The molecule has 0 aromatic rings. The summed E-state index contributed by atoms with van der Waals surface area (Å²) in [4.78, 5) is 11.3. The minimum Gasteiger partial charge on any atom is -0.545 e. The highest BCUT2D eigenvalue weighted by Gasteiger charge is 2.52. The molecule has 0 aromatic carbocycles. The Morgan fingerprint density at radius 2 is 1.92 bits per heavy atom. The Morgan fingerprint density at radius 1 is 1.23 bits per heavy atom. The van der Waals surface area contributed by atoms with Crippen molar-refractivity contribution in [3.05, 3.63) is 11.8 Å². The number of carbonyl (C=O) groups excluding carboxylic acids is 1. The number of carboxylic acid groups (broad SMARTS) is 1. The van der Waals surface area contributed by atoms with Crippen LogP contribution in [0.4, 0.5) is 0 Å². The van der Waals surface area contributed by atoms with Crippen molar-refractivity contribution >= 4 is 5.97 Å². The Hall–Kier alpha value is -1.27. The van der Waals surface area contributed by atoms with Gasteiger partial charge in [-0.2, -0.15) is 0 Å². The highest BCUT2D eigenvalue weighted by molar-refractivity contribution is 5.85. The van der Waals surface area contributed by atoms with E-state index in [1.165, 1.54) is 0 Å². The minimum absolute atomic E-state index is 0.0768. The minimum atomic E-state index is -1.61. The molecule has 3 rings (SSSR count). The van der Waals surface area contributed by atoms with E-state index in [1.807, 2.05) is 0 Å². The van der Waals surface area contributed by atoms with E-state index in [0.717, 1.165) is 6.26 Å². The van der Waals surface area contributed by atoms with Crippen LogP contribution in [0.5, 0.6) is 0 Å². The number of aliphatic hydroxyl groups excluding tert-OH is 5. The number of carbonyl (C=O) groups is 1. The fourth-order valence-electron chi connectivity index (χ4n) is 3.98. The molecule has 2 aliphatic heterocycles. The highest BCUT2D eigenvalue weighted by Crippen LogP contribution is 2.47. The number of hydrogen-bond acceptors (Lipinski definition) is 10. The molecular formula is C16H23O10-. The molecule has 148 valence electrons. The summed E-state index contributed by atoms with van der Waals surface area (Å²) in [6, 6.07) is 0. The smallest absolute Gasteiger partial charge is 0.205 e. The zero-order valence-corrected chi connectivity index (χ0v) is 14.0. The number of fused-ring (bicyclic) bond motifs is 1. The fraction of sp³-hybridized carbons (Fsp3) is 0.812. The Kier molecular flexibility index (Phi) is 5.54. The number of rotatable bonds is 4. The lowest BCUT2D eigenvalue weighted by atomic mass is 9.83. The summed E-state index contributed by atoms with van der Waals surface area (Å²) in [5.74, 6) is -2.87. The summed E-state index contributed by atoms with van der Waals surface area (Å²) in [5, 5.41) is 60.4. The van der Waals surface area contributed by atoms with Crippen LogP contribution in [0.1, 0.15) is 13.3 Å². The molecule has 2 heterocycles. The van der Waals surface area contributed by atoms with Gasteiger partial charge >= 0.3 is 0 Å². The maximum atomic E-state index is 11.3. The van der Waals surface area contributed by atoms with Gasteiger partial charge in [-0.15, -0.1) is 0 Å². The average Bonchev–Trinajstić information content (AvgIpc) is 2.90. The maximum Gasteiger partial charge on any atom is 0.205 e. The topological polar surface area (TPSA) is 169 Å². The molecule has 26 heavy (non-hydrogen) atoms. The molecule has 0 amide bonds. The van der Waals surface area contributed by atoms with Crippen LogP contribution in [0.25, 0.3) is 0 Å². The second kappa shape index (κ2) is 7.39. The highest BCUT2D eigenvalue weighted by atomic mass is 16.8. The third-order valence-electron chi connectivity index (χ3n) is 5.57. The lowest BCUT2D eigenvalue weighted by molar-refractivity contribution is -0.343. The quantitative estimate of drug-likeness (QED) is 0.331. The first kappa shape index (κ1) is 19.5. The first-order chi connectivity index (χ1) is 12.3. The van der Waals surface area contributed by atoms with E-state index in [9.17, 15) is 35.4 Å². The van der Waals surface area contributed by atoms with E-state index in [4.69, 9.17) is 14.2 Å². The monoisotopic (exact) mass is 375 g/mol. The fourth-order valence-corrected chi connectivity index (χ4v) is 3.98. The maximum absolute atomic E-state index is 11.3. The van der Waals surface area contributed by atoms with Crippen molar-refractivity contribution in [1.29, 1.82) is 0 Å². The zero-order valence-electron chi connectivity index (χ0n) is 14.0. The van der Waals surface area contributed by atoms with Crippen molar-refractivity contribution in [2.75, 3.05) is 6.61 Å². The molecule has 5 N–H and O–H groups in total. The van der Waals surface area contributed by atoms with Gasteiger partial charge < -0.3 is 49.6 Å². The average molecular weight is 375 g/mol. The van der Waals surface area contributed by atoms with Crippen molar-refractivity contribution in [2.45, 2.75) is 56.4 Å². The molecule has 2 fully saturated rings. The van der Waals surface area contributed by atoms with Gasteiger partial charge in [0.25, 0.3) is 0 Å².